The summed E-state index contributed by atoms with van der Waals surface area (Å²) in [5.74, 6) is -1.05. The van der Waals surface area contributed by atoms with Crippen molar-refractivity contribution in [3.05, 3.63) is 29.8 Å². The Hall–Kier alpha value is -2.37. The standard InChI is InChI=1S/C15H20N2O4/c1-10(2)11-6-8-12(9-7-11)16-15(21)17-13(18)4-3-5-14(19)20/h6-10H,3-5H2,1-2H3,(H,19,20)(H2,16,17,18,21). The molecule has 114 valence electrons. The summed E-state index contributed by atoms with van der Waals surface area (Å²) in [5.41, 5.74) is 1.75. The third kappa shape index (κ3) is 6.56. The molecule has 0 fully saturated rings. The van der Waals surface area contributed by atoms with E-state index in [-0.39, 0.29) is 19.3 Å². The van der Waals surface area contributed by atoms with Crippen LogP contribution in [0.2, 0.25) is 0 Å². The Bertz CT molecular complexity index is 509. The van der Waals surface area contributed by atoms with Crippen LogP contribution in [-0.4, -0.2) is 23.0 Å². The first kappa shape index (κ1) is 16.7. The van der Waals surface area contributed by atoms with Crippen LogP contribution < -0.4 is 10.6 Å². The number of rotatable bonds is 6. The molecule has 0 aliphatic heterocycles. The van der Waals surface area contributed by atoms with Crippen molar-refractivity contribution in [2.24, 2.45) is 0 Å². The Morgan fingerprint density at radius 3 is 2.24 bits per heavy atom. The molecule has 0 aromatic heterocycles. The maximum absolute atomic E-state index is 11.6. The number of benzene rings is 1. The number of aliphatic carboxylic acids is 1. The fourth-order valence-corrected chi connectivity index (χ4v) is 1.70. The lowest BCUT2D eigenvalue weighted by molar-refractivity contribution is -0.137. The van der Waals surface area contributed by atoms with Crippen molar-refractivity contribution >= 4 is 23.6 Å². The zero-order chi connectivity index (χ0) is 15.8. The second kappa shape index (κ2) is 8.04. The Morgan fingerprint density at radius 1 is 1.10 bits per heavy atom. The van der Waals surface area contributed by atoms with Crippen molar-refractivity contribution in [1.29, 1.82) is 0 Å². The van der Waals surface area contributed by atoms with Gasteiger partial charge in [-0.1, -0.05) is 26.0 Å². The maximum atomic E-state index is 11.6. The number of anilines is 1. The SMILES string of the molecule is CC(C)c1ccc(NC(=O)NC(=O)CCCC(=O)O)cc1. The third-order valence-electron chi connectivity index (χ3n) is 2.88. The number of carbonyl (C=O) groups excluding carboxylic acids is 2. The average Bonchev–Trinajstić information content (AvgIpc) is 2.38. The lowest BCUT2D eigenvalue weighted by atomic mass is 10.0. The minimum Gasteiger partial charge on any atom is -0.481 e. The lowest BCUT2D eigenvalue weighted by Gasteiger charge is -2.09. The normalized spacial score (nSPS) is 10.2. The minimum absolute atomic E-state index is 0.00596. The molecule has 6 heteroatoms. The van der Waals surface area contributed by atoms with Gasteiger partial charge in [0.2, 0.25) is 5.91 Å². The molecule has 0 saturated heterocycles. The van der Waals surface area contributed by atoms with Crippen molar-refractivity contribution in [3.63, 3.8) is 0 Å². The Labute approximate surface area is 123 Å². The molecule has 6 nitrogen and oxygen atoms in total. The van der Waals surface area contributed by atoms with Crippen LogP contribution in [0.1, 0.15) is 44.6 Å². The number of hydrogen-bond acceptors (Lipinski definition) is 3. The maximum Gasteiger partial charge on any atom is 0.325 e. The number of carbonyl (C=O) groups is 3. The summed E-state index contributed by atoms with van der Waals surface area (Å²) in [6.45, 7) is 4.15. The Balaban J connectivity index is 2.39. The van der Waals surface area contributed by atoms with Crippen LogP contribution in [-0.2, 0) is 9.59 Å². The molecule has 1 rings (SSSR count). The van der Waals surface area contributed by atoms with E-state index in [1.54, 1.807) is 12.1 Å². The molecule has 3 N–H and O–H groups in total. The van der Waals surface area contributed by atoms with Gasteiger partial charge in [0.05, 0.1) is 0 Å². The van der Waals surface area contributed by atoms with Gasteiger partial charge in [-0.05, 0) is 30.0 Å². The summed E-state index contributed by atoms with van der Waals surface area (Å²) in [6.07, 6.45) is 0.120. The van der Waals surface area contributed by atoms with E-state index in [0.717, 1.165) is 5.56 Å². The van der Waals surface area contributed by atoms with Gasteiger partial charge in [-0.15, -0.1) is 0 Å². The topological polar surface area (TPSA) is 95.5 Å². The molecule has 0 spiro atoms. The minimum atomic E-state index is -0.961. The fourth-order valence-electron chi connectivity index (χ4n) is 1.70. The molecule has 3 amide bonds. The van der Waals surface area contributed by atoms with Crippen LogP contribution in [0.5, 0.6) is 0 Å². The first-order chi connectivity index (χ1) is 9.88. The van der Waals surface area contributed by atoms with Gasteiger partial charge >= 0.3 is 12.0 Å². The van der Waals surface area contributed by atoms with E-state index in [0.29, 0.717) is 11.6 Å². The molecule has 1 aromatic rings. The van der Waals surface area contributed by atoms with Crippen LogP contribution in [0.4, 0.5) is 10.5 Å². The molecule has 0 saturated carbocycles. The van der Waals surface area contributed by atoms with Crippen LogP contribution in [0, 0.1) is 0 Å². The average molecular weight is 292 g/mol. The van der Waals surface area contributed by atoms with E-state index in [1.165, 1.54) is 0 Å². The monoisotopic (exact) mass is 292 g/mol. The number of amides is 3. The van der Waals surface area contributed by atoms with E-state index in [9.17, 15) is 14.4 Å². The summed E-state index contributed by atoms with van der Waals surface area (Å²) in [7, 11) is 0. The van der Waals surface area contributed by atoms with Crippen LogP contribution in [0.25, 0.3) is 0 Å². The number of carboxylic acids is 1. The van der Waals surface area contributed by atoms with Crippen molar-refractivity contribution in [3.8, 4) is 0 Å². The summed E-state index contributed by atoms with van der Waals surface area (Å²) in [6, 6.07) is 6.74. The highest BCUT2D eigenvalue weighted by Crippen LogP contribution is 2.16. The molecular formula is C15H20N2O4. The summed E-state index contributed by atoms with van der Waals surface area (Å²) in [5, 5.41) is 13.2. The quantitative estimate of drug-likeness (QED) is 0.751. The smallest absolute Gasteiger partial charge is 0.325 e. The Kier molecular flexibility index (Phi) is 6.39. The summed E-state index contributed by atoms with van der Waals surface area (Å²) in [4.78, 5) is 33.3. The van der Waals surface area contributed by atoms with Crippen LogP contribution in [0.3, 0.4) is 0 Å². The van der Waals surface area contributed by atoms with Crippen molar-refractivity contribution in [2.75, 3.05) is 5.32 Å². The highest BCUT2D eigenvalue weighted by atomic mass is 16.4. The third-order valence-corrected chi connectivity index (χ3v) is 2.88. The number of hydrogen-bond donors (Lipinski definition) is 3. The zero-order valence-corrected chi connectivity index (χ0v) is 12.2. The molecule has 0 aliphatic carbocycles. The number of imide groups is 1. The molecule has 0 bridgehead atoms. The molecule has 0 unspecified atom stereocenters. The van der Waals surface area contributed by atoms with Crippen LogP contribution >= 0.6 is 0 Å². The van der Waals surface area contributed by atoms with Gasteiger partial charge < -0.3 is 10.4 Å². The highest BCUT2D eigenvalue weighted by molar-refractivity contribution is 6.01. The molecule has 0 heterocycles. The number of carboxylic acid groups (broad SMARTS) is 1. The van der Waals surface area contributed by atoms with Gasteiger partial charge in [-0.3, -0.25) is 14.9 Å². The molecule has 1 aromatic carbocycles. The fraction of sp³-hybridized carbons (Fsp3) is 0.400. The van der Waals surface area contributed by atoms with Crippen molar-refractivity contribution in [2.45, 2.75) is 39.0 Å². The van der Waals surface area contributed by atoms with Gasteiger partial charge in [0, 0.05) is 18.5 Å². The van der Waals surface area contributed by atoms with Gasteiger partial charge in [-0.2, -0.15) is 0 Å². The summed E-state index contributed by atoms with van der Waals surface area (Å²) >= 11 is 0. The second-order valence-corrected chi connectivity index (χ2v) is 5.03. The van der Waals surface area contributed by atoms with Gasteiger partial charge in [0.1, 0.15) is 0 Å². The second-order valence-electron chi connectivity index (χ2n) is 5.03. The van der Waals surface area contributed by atoms with E-state index >= 15 is 0 Å². The number of nitrogens with one attached hydrogen (secondary N) is 2. The van der Waals surface area contributed by atoms with Gasteiger partial charge in [-0.25, -0.2) is 4.79 Å². The predicted octanol–water partition coefficient (Wildman–Crippen LogP) is 2.71. The van der Waals surface area contributed by atoms with Crippen molar-refractivity contribution < 1.29 is 19.5 Å². The molecule has 0 aliphatic rings. The predicted molar refractivity (Wildman–Crippen MR) is 79.2 cm³/mol. The van der Waals surface area contributed by atoms with Crippen LogP contribution in [0.15, 0.2) is 24.3 Å². The molecule has 0 atom stereocenters. The van der Waals surface area contributed by atoms with E-state index < -0.39 is 17.9 Å². The number of urea groups is 1. The Morgan fingerprint density at radius 2 is 1.71 bits per heavy atom. The van der Waals surface area contributed by atoms with E-state index in [1.807, 2.05) is 12.1 Å². The lowest BCUT2D eigenvalue weighted by Crippen LogP contribution is -2.34. The van der Waals surface area contributed by atoms with Crippen molar-refractivity contribution in [1.82, 2.24) is 5.32 Å². The first-order valence-electron chi connectivity index (χ1n) is 6.81. The van der Waals surface area contributed by atoms with Gasteiger partial charge in [0.25, 0.3) is 0 Å². The largest absolute Gasteiger partial charge is 0.481 e. The van der Waals surface area contributed by atoms with E-state index in [2.05, 4.69) is 24.5 Å². The van der Waals surface area contributed by atoms with E-state index in [4.69, 9.17) is 5.11 Å². The summed E-state index contributed by atoms with van der Waals surface area (Å²) < 4.78 is 0. The zero-order valence-electron chi connectivity index (χ0n) is 12.2. The molecular weight excluding hydrogens is 272 g/mol. The first-order valence-corrected chi connectivity index (χ1v) is 6.81. The molecule has 21 heavy (non-hydrogen) atoms. The highest BCUT2D eigenvalue weighted by Gasteiger charge is 2.09. The van der Waals surface area contributed by atoms with Gasteiger partial charge in [0.15, 0.2) is 0 Å². The molecule has 0 radical (unpaired) electrons.